The topological polar surface area (TPSA) is 88.6 Å². The zero-order valence-corrected chi connectivity index (χ0v) is 19.1. The molecule has 0 bridgehead atoms. The standard InChI is InChI=1S/C27H27NO5/c1-27(2,3)18-8-6-17(7-9-18)23(30)13-5-16-4-11-20-21(14-16)26(33)28(25(20)32)22-12-10-19(29)15-24(22)31/h4,6-9,11,14,22H,5,10,12-13,15H2,1-3H3. The highest BCUT2D eigenvalue weighted by atomic mass is 16.2. The van der Waals surface area contributed by atoms with Gasteiger partial charge in [0.15, 0.2) is 11.6 Å². The maximum atomic E-state index is 13.0. The van der Waals surface area contributed by atoms with Gasteiger partial charge in [0.1, 0.15) is 5.78 Å². The number of carbonyl (C=O) groups excluding carboxylic acids is 5. The average Bonchev–Trinajstić information content (AvgIpc) is 3.01. The fourth-order valence-corrected chi connectivity index (χ4v) is 4.44. The molecule has 0 radical (unpaired) electrons. The van der Waals surface area contributed by atoms with Crippen LogP contribution in [-0.4, -0.2) is 40.1 Å². The van der Waals surface area contributed by atoms with Crippen molar-refractivity contribution in [3.05, 3.63) is 70.3 Å². The van der Waals surface area contributed by atoms with Gasteiger partial charge in [-0.3, -0.25) is 28.9 Å². The van der Waals surface area contributed by atoms with Crippen LogP contribution in [0.15, 0.2) is 42.5 Å². The molecule has 2 aliphatic rings. The van der Waals surface area contributed by atoms with Crippen molar-refractivity contribution in [1.82, 2.24) is 4.90 Å². The van der Waals surface area contributed by atoms with E-state index in [9.17, 15) is 24.0 Å². The molecule has 1 atom stereocenters. The Bertz CT molecular complexity index is 1170. The summed E-state index contributed by atoms with van der Waals surface area (Å²) in [6, 6.07) is 11.7. The summed E-state index contributed by atoms with van der Waals surface area (Å²) in [4.78, 5) is 63.2. The Morgan fingerprint density at radius 2 is 1.61 bits per heavy atom. The smallest absolute Gasteiger partial charge is 0.262 e. The van der Waals surface area contributed by atoms with E-state index < -0.39 is 17.9 Å². The summed E-state index contributed by atoms with van der Waals surface area (Å²) in [7, 11) is 0. The predicted molar refractivity (Wildman–Crippen MR) is 122 cm³/mol. The largest absolute Gasteiger partial charge is 0.299 e. The van der Waals surface area contributed by atoms with Gasteiger partial charge in [0.2, 0.25) is 0 Å². The van der Waals surface area contributed by atoms with Gasteiger partial charge in [-0.2, -0.15) is 0 Å². The van der Waals surface area contributed by atoms with Crippen LogP contribution >= 0.6 is 0 Å². The van der Waals surface area contributed by atoms with Gasteiger partial charge >= 0.3 is 0 Å². The number of aryl methyl sites for hydroxylation is 1. The Labute approximate surface area is 193 Å². The minimum absolute atomic E-state index is 0.0115. The summed E-state index contributed by atoms with van der Waals surface area (Å²) in [5.41, 5.74) is 3.11. The monoisotopic (exact) mass is 445 g/mol. The molecule has 1 fully saturated rings. The number of imide groups is 1. The highest BCUT2D eigenvalue weighted by Crippen LogP contribution is 2.30. The van der Waals surface area contributed by atoms with Crippen molar-refractivity contribution >= 4 is 29.2 Å². The van der Waals surface area contributed by atoms with Gasteiger partial charge in [0, 0.05) is 18.4 Å². The van der Waals surface area contributed by atoms with Gasteiger partial charge in [0.25, 0.3) is 11.8 Å². The van der Waals surface area contributed by atoms with E-state index in [4.69, 9.17) is 0 Å². The second-order valence-electron chi connectivity index (χ2n) is 9.85. The minimum atomic E-state index is -0.879. The summed E-state index contributed by atoms with van der Waals surface area (Å²) in [6.45, 7) is 6.36. The number of carbonyl (C=O) groups is 5. The Kier molecular flexibility index (Phi) is 5.87. The highest BCUT2D eigenvalue weighted by Gasteiger charge is 2.44. The second-order valence-corrected chi connectivity index (χ2v) is 9.85. The molecule has 0 spiro atoms. The molecule has 33 heavy (non-hydrogen) atoms. The number of fused-ring (bicyclic) bond motifs is 1. The lowest BCUT2D eigenvalue weighted by Crippen LogP contribution is -2.47. The van der Waals surface area contributed by atoms with Crippen molar-refractivity contribution in [2.45, 2.75) is 64.3 Å². The van der Waals surface area contributed by atoms with Gasteiger partial charge in [-0.1, -0.05) is 51.1 Å². The van der Waals surface area contributed by atoms with Crippen molar-refractivity contribution in [3.8, 4) is 0 Å². The molecule has 2 amide bonds. The van der Waals surface area contributed by atoms with Crippen LogP contribution in [0.2, 0.25) is 0 Å². The first-order valence-corrected chi connectivity index (χ1v) is 11.3. The van der Waals surface area contributed by atoms with Crippen molar-refractivity contribution in [1.29, 1.82) is 0 Å². The zero-order chi connectivity index (χ0) is 23.9. The fourth-order valence-electron chi connectivity index (χ4n) is 4.44. The molecule has 1 heterocycles. The molecule has 6 nitrogen and oxygen atoms in total. The summed E-state index contributed by atoms with van der Waals surface area (Å²) in [6.07, 6.45) is 0.850. The lowest BCUT2D eigenvalue weighted by atomic mass is 9.86. The normalized spacial score (nSPS) is 18.6. The number of benzene rings is 2. The number of hydrogen-bond acceptors (Lipinski definition) is 5. The lowest BCUT2D eigenvalue weighted by molar-refractivity contribution is -0.132. The summed E-state index contributed by atoms with van der Waals surface area (Å²) in [5.74, 6) is -1.53. The van der Waals surface area contributed by atoms with Gasteiger partial charge in [-0.05, 0) is 41.5 Å². The van der Waals surface area contributed by atoms with Crippen LogP contribution in [0.25, 0.3) is 0 Å². The molecule has 1 aliphatic heterocycles. The molecular formula is C27H27NO5. The average molecular weight is 446 g/mol. The Morgan fingerprint density at radius 3 is 2.24 bits per heavy atom. The van der Waals surface area contributed by atoms with Crippen LogP contribution in [0.1, 0.15) is 88.7 Å². The number of Topliss-reactive ketones (excluding diaryl/α,β-unsaturated/α-hetero) is 3. The Morgan fingerprint density at radius 1 is 0.939 bits per heavy atom. The maximum Gasteiger partial charge on any atom is 0.262 e. The third-order valence-electron chi connectivity index (χ3n) is 6.45. The Balaban J connectivity index is 1.45. The Hall–Kier alpha value is -3.41. The summed E-state index contributed by atoms with van der Waals surface area (Å²) in [5, 5.41) is 0. The number of ketones is 3. The molecule has 170 valence electrons. The van der Waals surface area contributed by atoms with E-state index in [2.05, 4.69) is 20.8 Å². The molecule has 1 saturated carbocycles. The first-order valence-electron chi connectivity index (χ1n) is 11.3. The van der Waals surface area contributed by atoms with Crippen LogP contribution in [-0.2, 0) is 21.4 Å². The van der Waals surface area contributed by atoms with Crippen molar-refractivity contribution < 1.29 is 24.0 Å². The second kappa shape index (κ2) is 8.50. The molecule has 0 aromatic heterocycles. The molecule has 0 N–H and O–H groups in total. The van der Waals surface area contributed by atoms with E-state index in [-0.39, 0.29) is 59.6 Å². The molecule has 2 aromatic rings. The molecule has 4 rings (SSSR count). The van der Waals surface area contributed by atoms with Crippen molar-refractivity contribution in [3.63, 3.8) is 0 Å². The van der Waals surface area contributed by atoms with Crippen LogP contribution < -0.4 is 0 Å². The first-order chi connectivity index (χ1) is 15.6. The van der Waals surface area contributed by atoms with Gasteiger partial charge < -0.3 is 0 Å². The summed E-state index contributed by atoms with van der Waals surface area (Å²) < 4.78 is 0. The SMILES string of the molecule is CC(C)(C)c1ccc(C(=O)CCc2ccc3c(c2)C(=O)N(C2CCC(=O)CC2=O)C3=O)cc1. The lowest BCUT2D eigenvalue weighted by Gasteiger charge is -2.27. The number of nitrogens with zero attached hydrogens (tertiary/aromatic N) is 1. The third kappa shape index (κ3) is 4.42. The van der Waals surface area contributed by atoms with Crippen LogP contribution in [0.5, 0.6) is 0 Å². The zero-order valence-electron chi connectivity index (χ0n) is 19.1. The molecule has 2 aromatic carbocycles. The van der Waals surface area contributed by atoms with E-state index >= 15 is 0 Å². The van der Waals surface area contributed by atoms with Crippen molar-refractivity contribution in [2.75, 3.05) is 0 Å². The number of rotatable bonds is 5. The van der Waals surface area contributed by atoms with Gasteiger partial charge in [-0.25, -0.2) is 0 Å². The van der Waals surface area contributed by atoms with E-state index in [1.807, 2.05) is 24.3 Å². The van der Waals surface area contributed by atoms with Gasteiger partial charge in [-0.15, -0.1) is 0 Å². The van der Waals surface area contributed by atoms with E-state index in [1.165, 1.54) is 0 Å². The minimum Gasteiger partial charge on any atom is -0.299 e. The quantitative estimate of drug-likeness (QED) is 0.393. The van der Waals surface area contributed by atoms with Crippen molar-refractivity contribution in [2.24, 2.45) is 0 Å². The molecule has 1 unspecified atom stereocenters. The molecular weight excluding hydrogens is 418 g/mol. The molecule has 0 saturated heterocycles. The molecule has 1 aliphatic carbocycles. The number of hydrogen-bond donors (Lipinski definition) is 0. The van der Waals surface area contributed by atoms with E-state index in [0.717, 1.165) is 16.0 Å². The molecule has 6 heteroatoms. The fraction of sp³-hybridized carbons (Fsp3) is 0.370. The number of amides is 2. The summed E-state index contributed by atoms with van der Waals surface area (Å²) >= 11 is 0. The van der Waals surface area contributed by atoms with Gasteiger partial charge in [0.05, 0.1) is 23.6 Å². The van der Waals surface area contributed by atoms with Crippen LogP contribution in [0.3, 0.4) is 0 Å². The van der Waals surface area contributed by atoms with Crippen LogP contribution in [0.4, 0.5) is 0 Å². The predicted octanol–water partition coefficient (Wildman–Crippen LogP) is 4.09. The first kappa shape index (κ1) is 22.8. The van der Waals surface area contributed by atoms with E-state index in [1.54, 1.807) is 18.2 Å². The highest BCUT2D eigenvalue weighted by molar-refractivity contribution is 6.23. The maximum absolute atomic E-state index is 13.0. The van der Waals surface area contributed by atoms with Crippen LogP contribution in [0, 0.1) is 0 Å². The third-order valence-corrected chi connectivity index (χ3v) is 6.45. The van der Waals surface area contributed by atoms with E-state index in [0.29, 0.717) is 12.0 Å².